The summed E-state index contributed by atoms with van der Waals surface area (Å²) in [7, 11) is 0. The summed E-state index contributed by atoms with van der Waals surface area (Å²) in [5, 5.41) is 5.82. The fourth-order valence-electron chi connectivity index (χ4n) is 3.14. The predicted octanol–water partition coefficient (Wildman–Crippen LogP) is 3.47. The molecule has 0 aliphatic carbocycles. The number of fused-ring (bicyclic) bond motifs is 1. The first-order valence-corrected chi connectivity index (χ1v) is 10.1. The maximum absolute atomic E-state index is 12.7. The van der Waals surface area contributed by atoms with Crippen LogP contribution in [0.3, 0.4) is 0 Å². The minimum Gasteiger partial charge on any atom is -0.351 e. The second kappa shape index (κ2) is 9.87. The van der Waals surface area contributed by atoms with E-state index in [1.165, 1.54) is 5.56 Å². The molecular weight excluding hydrogens is 364 g/mol. The van der Waals surface area contributed by atoms with Gasteiger partial charge in [-0.3, -0.25) is 14.0 Å². The van der Waals surface area contributed by atoms with Crippen LogP contribution in [0.15, 0.2) is 54.7 Å². The van der Waals surface area contributed by atoms with Crippen LogP contribution in [0.2, 0.25) is 0 Å². The zero-order valence-electron chi connectivity index (χ0n) is 17.0. The molecule has 0 radical (unpaired) electrons. The highest BCUT2D eigenvalue weighted by Gasteiger charge is 2.21. The van der Waals surface area contributed by atoms with Crippen molar-refractivity contribution in [3.05, 3.63) is 71.8 Å². The van der Waals surface area contributed by atoms with Crippen LogP contribution in [0.25, 0.3) is 5.52 Å². The summed E-state index contributed by atoms with van der Waals surface area (Å²) >= 11 is 0. The average molecular weight is 393 g/mol. The largest absolute Gasteiger partial charge is 0.351 e. The zero-order valence-corrected chi connectivity index (χ0v) is 17.0. The van der Waals surface area contributed by atoms with E-state index in [4.69, 9.17) is 0 Å². The van der Waals surface area contributed by atoms with Crippen LogP contribution in [-0.2, 0) is 6.42 Å². The molecule has 0 saturated heterocycles. The molecule has 3 rings (SSSR count). The minimum atomic E-state index is -0.277. The number of nitrogens with zero attached hydrogens (tertiary/aromatic N) is 2. The third-order valence-electron chi connectivity index (χ3n) is 4.74. The van der Waals surface area contributed by atoms with Gasteiger partial charge in [0, 0.05) is 19.3 Å². The Hall–Kier alpha value is -3.15. The summed E-state index contributed by atoms with van der Waals surface area (Å²) < 4.78 is 1.67. The van der Waals surface area contributed by atoms with E-state index in [2.05, 4.69) is 41.6 Å². The SMILES string of the molecule is CC(C)CCNC(=O)c1nc(C(=O)NCCCc2ccccc2)n2ccccc12. The highest BCUT2D eigenvalue weighted by molar-refractivity contribution is 6.02. The number of benzene rings is 1. The molecular formula is C23H28N4O2. The normalized spacial score (nSPS) is 11.0. The Labute approximate surface area is 171 Å². The third kappa shape index (κ3) is 5.44. The maximum atomic E-state index is 12.7. The van der Waals surface area contributed by atoms with Crippen LogP contribution in [0, 0.1) is 5.92 Å². The number of hydrogen-bond donors (Lipinski definition) is 2. The van der Waals surface area contributed by atoms with E-state index in [0.29, 0.717) is 24.5 Å². The van der Waals surface area contributed by atoms with Crippen molar-refractivity contribution >= 4 is 17.3 Å². The summed E-state index contributed by atoms with van der Waals surface area (Å²) in [6.45, 7) is 5.35. The molecule has 0 saturated carbocycles. The molecule has 29 heavy (non-hydrogen) atoms. The molecule has 152 valence electrons. The number of rotatable bonds is 9. The van der Waals surface area contributed by atoms with E-state index in [1.54, 1.807) is 16.7 Å². The van der Waals surface area contributed by atoms with Crippen LogP contribution in [0.4, 0.5) is 0 Å². The Balaban J connectivity index is 1.65. The highest BCUT2D eigenvalue weighted by atomic mass is 16.2. The van der Waals surface area contributed by atoms with E-state index in [0.717, 1.165) is 19.3 Å². The molecule has 2 heterocycles. The number of amides is 2. The van der Waals surface area contributed by atoms with Crippen LogP contribution in [-0.4, -0.2) is 34.3 Å². The van der Waals surface area contributed by atoms with Crippen LogP contribution < -0.4 is 10.6 Å². The minimum absolute atomic E-state index is 0.231. The van der Waals surface area contributed by atoms with Gasteiger partial charge in [-0.2, -0.15) is 0 Å². The van der Waals surface area contributed by atoms with Gasteiger partial charge in [0.1, 0.15) is 0 Å². The lowest BCUT2D eigenvalue weighted by molar-refractivity contribution is 0.0942. The Kier molecular flexibility index (Phi) is 7.00. The molecule has 0 fully saturated rings. The number of aromatic nitrogens is 2. The van der Waals surface area contributed by atoms with Crippen molar-refractivity contribution in [2.24, 2.45) is 5.92 Å². The zero-order chi connectivity index (χ0) is 20.6. The summed E-state index contributed by atoms with van der Waals surface area (Å²) in [6.07, 6.45) is 4.38. The van der Waals surface area contributed by atoms with E-state index in [9.17, 15) is 9.59 Å². The maximum Gasteiger partial charge on any atom is 0.287 e. The van der Waals surface area contributed by atoms with Gasteiger partial charge in [-0.05, 0) is 42.9 Å². The molecule has 0 aliphatic heterocycles. The van der Waals surface area contributed by atoms with Gasteiger partial charge in [0.05, 0.1) is 5.52 Å². The van der Waals surface area contributed by atoms with Gasteiger partial charge in [0.15, 0.2) is 5.69 Å². The molecule has 2 N–H and O–H groups in total. The molecule has 0 atom stereocenters. The number of imidazole rings is 1. The number of hydrogen-bond acceptors (Lipinski definition) is 3. The molecule has 2 amide bonds. The average Bonchev–Trinajstić information content (AvgIpc) is 3.11. The van der Waals surface area contributed by atoms with Gasteiger partial charge in [0.25, 0.3) is 11.8 Å². The Morgan fingerprint density at radius 3 is 2.45 bits per heavy atom. The Morgan fingerprint density at radius 2 is 1.69 bits per heavy atom. The third-order valence-corrected chi connectivity index (χ3v) is 4.74. The number of pyridine rings is 1. The number of nitrogens with one attached hydrogen (secondary N) is 2. The second-order valence-electron chi connectivity index (χ2n) is 7.52. The molecule has 1 aromatic carbocycles. The smallest absolute Gasteiger partial charge is 0.287 e. The van der Waals surface area contributed by atoms with Crippen molar-refractivity contribution in [1.82, 2.24) is 20.0 Å². The van der Waals surface area contributed by atoms with Crippen molar-refractivity contribution in [2.45, 2.75) is 33.1 Å². The standard InChI is InChI=1S/C23H28N4O2/c1-17(2)13-15-25-22(28)20-19-12-6-7-16-27(19)21(26-20)23(29)24-14-8-11-18-9-4-3-5-10-18/h3-7,9-10,12,16-17H,8,11,13-15H2,1-2H3,(H,24,29)(H,25,28). The lowest BCUT2D eigenvalue weighted by Crippen LogP contribution is -2.27. The molecule has 2 aromatic heterocycles. The van der Waals surface area contributed by atoms with E-state index < -0.39 is 0 Å². The molecule has 6 nitrogen and oxygen atoms in total. The van der Waals surface area contributed by atoms with Gasteiger partial charge in [0.2, 0.25) is 5.82 Å². The molecule has 6 heteroatoms. The summed E-state index contributed by atoms with van der Waals surface area (Å²) in [6, 6.07) is 15.6. The first kappa shape index (κ1) is 20.6. The monoisotopic (exact) mass is 392 g/mol. The Bertz CT molecular complexity index is 963. The van der Waals surface area contributed by atoms with Crippen LogP contribution in [0.1, 0.15) is 53.4 Å². The molecule has 0 unspecified atom stereocenters. The lowest BCUT2D eigenvalue weighted by atomic mass is 10.1. The molecule has 0 bridgehead atoms. The van der Waals surface area contributed by atoms with Gasteiger partial charge in [-0.25, -0.2) is 4.98 Å². The van der Waals surface area contributed by atoms with Crippen LogP contribution >= 0.6 is 0 Å². The highest BCUT2D eigenvalue weighted by Crippen LogP contribution is 2.13. The summed E-state index contributed by atoms with van der Waals surface area (Å²) in [5.74, 6) is 0.207. The van der Waals surface area contributed by atoms with Gasteiger partial charge >= 0.3 is 0 Å². The fourth-order valence-corrected chi connectivity index (χ4v) is 3.14. The van der Waals surface area contributed by atoms with Crippen LogP contribution in [0.5, 0.6) is 0 Å². The second-order valence-corrected chi connectivity index (χ2v) is 7.52. The fraction of sp³-hybridized carbons (Fsp3) is 0.348. The first-order chi connectivity index (χ1) is 14.1. The summed E-state index contributed by atoms with van der Waals surface area (Å²) in [5.41, 5.74) is 2.15. The number of aryl methyl sites for hydroxylation is 1. The predicted molar refractivity (Wildman–Crippen MR) is 114 cm³/mol. The van der Waals surface area contributed by atoms with E-state index in [-0.39, 0.29) is 23.3 Å². The lowest BCUT2D eigenvalue weighted by Gasteiger charge is -2.05. The van der Waals surface area contributed by atoms with Crippen molar-refractivity contribution in [2.75, 3.05) is 13.1 Å². The van der Waals surface area contributed by atoms with E-state index >= 15 is 0 Å². The van der Waals surface area contributed by atoms with Gasteiger partial charge in [-0.15, -0.1) is 0 Å². The topological polar surface area (TPSA) is 75.5 Å². The molecule has 0 spiro atoms. The Morgan fingerprint density at radius 1 is 0.966 bits per heavy atom. The summed E-state index contributed by atoms with van der Waals surface area (Å²) in [4.78, 5) is 29.6. The van der Waals surface area contributed by atoms with E-state index in [1.807, 2.05) is 30.3 Å². The number of carbonyl (C=O) groups excluding carboxylic acids is 2. The van der Waals surface area contributed by atoms with Crippen molar-refractivity contribution in [1.29, 1.82) is 0 Å². The first-order valence-electron chi connectivity index (χ1n) is 10.1. The van der Waals surface area contributed by atoms with Crippen molar-refractivity contribution < 1.29 is 9.59 Å². The number of carbonyl (C=O) groups is 2. The van der Waals surface area contributed by atoms with Crippen molar-refractivity contribution in [3.63, 3.8) is 0 Å². The van der Waals surface area contributed by atoms with Gasteiger partial charge in [-0.1, -0.05) is 50.2 Å². The quantitative estimate of drug-likeness (QED) is 0.548. The van der Waals surface area contributed by atoms with Gasteiger partial charge < -0.3 is 10.6 Å². The molecule has 0 aliphatic rings. The van der Waals surface area contributed by atoms with Crippen molar-refractivity contribution in [3.8, 4) is 0 Å². The molecule has 3 aromatic rings.